The van der Waals surface area contributed by atoms with E-state index in [0.29, 0.717) is 13.2 Å². The van der Waals surface area contributed by atoms with Crippen molar-refractivity contribution in [3.05, 3.63) is 0 Å². The summed E-state index contributed by atoms with van der Waals surface area (Å²) in [7, 11) is 0. The Kier molecular flexibility index (Phi) is 7.72. The largest absolute Gasteiger partial charge is 0.380 e. The summed E-state index contributed by atoms with van der Waals surface area (Å²) >= 11 is 0. The maximum absolute atomic E-state index is 11.2. The Hall–Kier alpha value is -0.900. The lowest BCUT2D eigenvalue weighted by Gasteiger charge is -2.24. The van der Waals surface area contributed by atoms with E-state index in [9.17, 15) is 9.59 Å². The lowest BCUT2D eigenvalue weighted by molar-refractivity contribution is -0.140. The highest BCUT2D eigenvalue weighted by Crippen LogP contribution is 2.15. The average molecular weight is 271 g/mol. The molecule has 19 heavy (non-hydrogen) atoms. The molecule has 0 spiro atoms. The van der Waals surface area contributed by atoms with Crippen LogP contribution in [-0.2, 0) is 14.3 Å². The second kappa shape index (κ2) is 9.08. The first-order valence-corrected chi connectivity index (χ1v) is 7.49. The van der Waals surface area contributed by atoms with Gasteiger partial charge in [-0.05, 0) is 0 Å². The number of rotatable bonds is 4. The zero-order valence-electron chi connectivity index (χ0n) is 12.2. The van der Waals surface area contributed by atoms with Crippen molar-refractivity contribution >= 4 is 11.7 Å². The minimum absolute atomic E-state index is 0. The number of ketones is 1. The fourth-order valence-electron chi connectivity index (χ4n) is 1.97. The molecule has 1 heterocycles. The van der Waals surface area contributed by atoms with Crippen molar-refractivity contribution in [1.29, 1.82) is 0 Å². The average Bonchev–Trinajstić information content (AvgIpc) is 2.36. The lowest BCUT2D eigenvalue weighted by Crippen LogP contribution is -2.44. The molecular weight excluding hydrogens is 242 g/mol. The Balaban J connectivity index is 0.000000434. The fourth-order valence-corrected chi connectivity index (χ4v) is 1.97. The molecule has 0 atom stereocenters. The van der Waals surface area contributed by atoms with Gasteiger partial charge in [-0.25, -0.2) is 0 Å². The molecule has 4 heteroatoms. The lowest BCUT2D eigenvalue weighted by atomic mass is 10.0. The summed E-state index contributed by atoms with van der Waals surface area (Å²) in [5, 5.41) is 2.60. The van der Waals surface area contributed by atoms with Gasteiger partial charge >= 0.3 is 0 Å². The van der Waals surface area contributed by atoms with Gasteiger partial charge in [-0.3, -0.25) is 9.59 Å². The minimum atomic E-state index is -0.0692. The second-order valence-electron chi connectivity index (χ2n) is 5.69. The fraction of sp³-hybridized carbons (Fsp3) is 0.867. The van der Waals surface area contributed by atoms with Gasteiger partial charge in [0.2, 0.25) is 5.91 Å². The van der Waals surface area contributed by atoms with Crippen molar-refractivity contribution in [1.82, 2.24) is 5.32 Å². The van der Waals surface area contributed by atoms with Crippen LogP contribution in [0.4, 0.5) is 0 Å². The molecule has 1 saturated carbocycles. The van der Waals surface area contributed by atoms with Gasteiger partial charge in [-0.15, -0.1) is 0 Å². The van der Waals surface area contributed by atoms with Crippen molar-refractivity contribution in [3.8, 4) is 0 Å². The molecule has 2 rings (SSSR count). The summed E-state index contributed by atoms with van der Waals surface area (Å²) in [6.07, 6.45) is 9.00. The number of carbonyl (C=O) groups excluding carboxylic acids is 2. The van der Waals surface area contributed by atoms with E-state index in [0.717, 1.165) is 0 Å². The Morgan fingerprint density at radius 2 is 1.58 bits per heavy atom. The van der Waals surface area contributed by atoms with Crippen LogP contribution in [0.2, 0.25) is 0 Å². The van der Waals surface area contributed by atoms with Gasteiger partial charge < -0.3 is 10.1 Å². The van der Waals surface area contributed by atoms with Crippen molar-refractivity contribution in [2.75, 3.05) is 19.8 Å². The van der Waals surface area contributed by atoms with Crippen LogP contribution in [0.15, 0.2) is 0 Å². The van der Waals surface area contributed by atoms with Gasteiger partial charge in [-0.1, -0.05) is 52.4 Å². The Labute approximate surface area is 117 Å². The van der Waals surface area contributed by atoms with E-state index in [4.69, 9.17) is 4.74 Å². The van der Waals surface area contributed by atoms with Crippen LogP contribution in [0.1, 0.15) is 53.8 Å². The predicted octanol–water partition coefficient (Wildman–Crippen LogP) is 2.56. The highest BCUT2D eigenvalue weighted by molar-refractivity contribution is 5.88. The molecule has 1 aliphatic carbocycles. The molecule has 4 nitrogen and oxygen atoms in total. The smallest absolute Gasteiger partial charge is 0.228 e. The van der Waals surface area contributed by atoms with Crippen LogP contribution in [0.25, 0.3) is 0 Å². The third-order valence-corrected chi connectivity index (χ3v) is 3.59. The molecule has 0 bridgehead atoms. The zero-order chi connectivity index (χ0) is 14.1. The quantitative estimate of drug-likeness (QED) is 0.855. The molecular formula is C15H29NO3. The van der Waals surface area contributed by atoms with E-state index < -0.39 is 0 Å². The Bertz CT molecular complexity index is 275. The summed E-state index contributed by atoms with van der Waals surface area (Å²) in [5.41, 5.74) is 0. The molecule has 2 fully saturated rings. The van der Waals surface area contributed by atoms with Crippen molar-refractivity contribution in [3.63, 3.8) is 0 Å². The van der Waals surface area contributed by atoms with Gasteiger partial charge in [0.05, 0.1) is 25.7 Å². The van der Waals surface area contributed by atoms with Crippen molar-refractivity contribution in [2.24, 2.45) is 11.8 Å². The maximum atomic E-state index is 11.2. The topological polar surface area (TPSA) is 55.4 Å². The number of carbonyl (C=O) groups is 2. The normalized spacial score (nSPS) is 19.1. The predicted molar refractivity (Wildman–Crippen MR) is 77.0 cm³/mol. The third-order valence-electron chi connectivity index (χ3n) is 3.59. The molecule has 0 aromatic heterocycles. The van der Waals surface area contributed by atoms with E-state index in [-0.39, 0.29) is 31.5 Å². The van der Waals surface area contributed by atoms with Gasteiger partial charge in [-0.2, -0.15) is 0 Å². The summed E-state index contributed by atoms with van der Waals surface area (Å²) in [4.78, 5) is 22.3. The Morgan fingerprint density at radius 1 is 1.11 bits per heavy atom. The third kappa shape index (κ3) is 6.71. The van der Waals surface area contributed by atoms with Crippen LogP contribution in [0.5, 0.6) is 0 Å². The molecule has 1 amide bonds. The summed E-state index contributed by atoms with van der Waals surface area (Å²) in [5.74, 6) is -0.0632. The van der Waals surface area contributed by atoms with E-state index in [1.165, 1.54) is 38.5 Å². The van der Waals surface area contributed by atoms with Gasteiger partial charge in [0, 0.05) is 7.34 Å². The summed E-state index contributed by atoms with van der Waals surface area (Å²) in [6.45, 7) is 4.76. The van der Waals surface area contributed by atoms with E-state index >= 15 is 0 Å². The summed E-state index contributed by atoms with van der Waals surface area (Å²) < 4.78 is 4.86. The molecule has 1 saturated heterocycles. The highest BCUT2D eigenvalue weighted by atomic mass is 16.5. The van der Waals surface area contributed by atoms with Crippen molar-refractivity contribution < 1.29 is 15.8 Å². The molecule has 1 aliphatic heterocycles. The molecule has 0 unspecified atom stereocenters. The molecule has 2 aliphatic rings. The first-order valence-electron chi connectivity index (χ1n) is 7.49. The second-order valence-corrected chi connectivity index (χ2v) is 5.69. The standard InChI is InChI=1S/C9H15NO3.C6H12.H2/c1-6(2)8(11)3-10-9(12)7-4-13-5-7;1-2-4-6-5-3-1;/h6-7H,3-5H2,1-2H3,(H,10,12);1-6H2;1H. The molecule has 0 radical (unpaired) electrons. The number of nitrogens with one attached hydrogen (secondary N) is 1. The van der Waals surface area contributed by atoms with Crippen LogP contribution in [0, 0.1) is 11.8 Å². The first kappa shape index (κ1) is 16.2. The monoisotopic (exact) mass is 271 g/mol. The summed E-state index contributed by atoms with van der Waals surface area (Å²) in [6, 6.07) is 0. The first-order chi connectivity index (χ1) is 9.11. The van der Waals surface area contributed by atoms with Crippen LogP contribution < -0.4 is 5.32 Å². The van der Waals surface area contributed by atoms with Crippen LogP contribution in [0.3, 0.4) is 0 Å². The van der Waals surface area contributed by atoms with Crippen LogP contribution >= 0.6 is 0 Å². The van der Waals surface area contributed by atoms with Crippen LogP contribution in [-0.4, -0.2) is 31.4 Å². The molecule has 1 N–H and O–H groups in total. The number of hydrogen-bond donors (Lipinski definition) is 1. The van der Waals surface area contributed by atoms with Gasteiger partial charge in [0.25, 0.3) is 0 Å². The number of amides is 1. The van der Waals surface area contributed by atoms with Gasteiger partial charge in [0.15, 0.2) is 5.78 Å². The molecule has 112 valence electrons. The minimum Gasteiger partial charge on any atom is -0.380 e. The number of ether oxygens (including phenoxy) is 1. The SMILES string of the molecule is C1CCCCC1.CC(C)C(=O)CNC(=O)C1COC1.[HH]. The van der Waals surface area contributed by atoms with Gasteiger partial charge in [0.1, 0.15) is 0 Å². The zero-order valence-corrected chi connectivity index (χ0v) is 12.2. The van der Waals surface area contributed by atoms with E-state index in [1.54, 1.807) is 0 Å². The molecule has 0 aromatic rings. The highest BCUT2D eigenvalue weighted by Gasteiger charge is 2.26. The molecule has 0 aromatic carbocycles. The maximum Gasteiger partial charge on any atom is 0.228 e. The van der Waals surface area contributed by atoms with E-state index in [2.05, 4.69) is 5.32 Å². The Morgan fingerprint density at radius 3 is 1.89 bits per heavy atom. The number of Topliss-reactive ketones (excluding diaryl/α,β-unsaturated/α-hetero) is 1. The van der Waals surface area contributed by atoms with E-state index in [1.807, 2.05) is 13.8 Å². The van der Waals surface area contributed by atoms with Crippen molar-refractivity contribution in [2.45, 2.75) is 52.4 Å². The number of hydrogen-bond acceptors (Lipinski definition) is 3.